The van der Waals surface area contributed by atoms with Crippen molar-refractivity contribution >= 4 is 17.5 Å². The molecule has 0 heterocycles. The fourth-order valence-electron chi connectivity index (χ4n) is 1.62. The van der Waals surface area contributed by atoms with Gasteiger partial charge in [-0.25, -0.2) is 8.78 Å². The highest BCUT2D eigenvalue weighted by Crippen LogP contribution is 2.10. The summed E-state index contributed by atoms with van der Waals surface area (Å²) in [4.78, 5) is 11.6. The molecule has 0 saturated carbocycles. The molecule has 5 heteroatoms. The molecular weight excluding hydrogens is 260 g/mol. The lowest BCUT2D eigenvalue weighted by Crippen LogP contribution is -2.33. The molecule has 0 bridgehead atoms. The van der Waals surface area contributed by atoms with E-state index < -0.39 is 11.6 Å². The van der Waals surface area contributed by atoms with Gasteiger partial charge in [0.25, 0.3) is 0 Å². The minimum atomic E-state index is -0.696. The van der Waals surface area contributed by atoms with E-state index in [0.29, 0.717) is 5.88 Å². The van der Waals surface area contributed by atoms with Gasteiger partial charge in [0, 0.05) is 18.0 Å². The van der Waals surface area contributed by atoms with Crippen molar-refractivity contribution in [3.05, 3.63) is 35.4 Å². The minimum Gasteiger partial charge on any atom is -0.353 e. The molecule has 1 aromatic carbocycles. The monoisotopic (exact) mass is 275 g/mol. The van der Waals surface area contributed by atoms with Gasteiger partial charge < -0.3 is 5.32 Å². The predicted molar refractivity (Wildman–Crippen MR) is 67.6 cm³/mol. The normalized spacial score (nSPS) is 12.2. The van der Waals surface area contributed by atoms with Crippen LogP contribution in [0, 0.1) is 11.6 Å². The molecule has 100 valence electrons. The van der Waals surface area contributed by atoms with Gasteiger partial charge in [-0.3, -0.25) is 4.79 Å². The molecule has 1 rings (SSSR count). The van der Waals surface area contributed by atoms with Crippen molar-refractivity contribution in [1.82, 2.24) is 5.32 Å². The second-order valence-corrected chi connectivity index (χ2v) is 4.59. The first kappa shape index (κ1) is 14.9. The van der Waals surface area contributed by atoms with Gasteiger partial charge in [-0.15, -0.1) is 11.6 Å². The van der Waals surface area contributed by atoms with E-state index >= 15 is 0 Å². The summed E-state index contributed by atoms with van der Waals surface area (Å²) in [7, 11) is 0. The summed E-state index contributed by atoms with van der Waals surface area (Å²) in [6.45, 7) is 1.87. The summed E-state index contributed by atoms with van der Waals surface area (Å²) in [6.07, 6.45) is 1.51. The van der Waals surface area contributed by atoms with E-state index in [1.165, 1.54) is 6.07 Å². The summed E-state index contributed by atoms with van der Waals surface area (Å²) in [5.74, 6) is -1.07. The van der Waals surface area contributed by atoms with Crippen LogP contribution in [0.5, 0.6) is 0 Å². The van der Waals surface area contributed by atoms with E-state index in [-0.39, 0.29) is 23.9 Å². The van der Waals surface area contributed by atoms with Gasteiger partial charge in [0.1, 0.15) is 11.6 Å². The third kappa shape index (κ3) is 5.00. The fraction of sp³-hybridized carbons (Fsp3) is 0.462. The molecule has 0 spiro atoms. The molecular formula is C13H16ClF2NO. The second kappa shape index (κ2) is 7.31. The lowest BCUT2D eigenvalue weighted by atomic mass is 10.1. The van der Waals surface area contributed by atoms with E-state index in [1.54, 1.807) is 0 Å². The second-order valence-electron chi connectivity index (χ2n) is 4.21. The topological polar surface area (TPSA) is 29.1 Å². The summed E-state index contributed by atoms with van der Waals surface area (Å²) < 4.78 is 26.0. The Morgan fingerprint density at radius 1 is 1.44 bits per heavy atom. The molecule has 1 aromatic rings. The van der Waals surface area contributed by atoms with Crippen LogP contribution in [0.3, 0.4) is 0 Å². The highest BCUT2D eigenvalue weighted by Gasteiger charge is 2.11. The molecule has 0 aliphatic carbocycles. The van der Waals surface area contributed by atoms with Gasteiger partial charge in [-0.1, -0.05) is 6.07 Å². The van der Waals surface area contributed by atoms with Crippen LogP contribution in [0.15, 0.2) is 18.2 Å². The van der Waals surface area contributed by atoms with Crippen LogP contribution < -0.4 is 5.32 Å². The maximum Gasteiger partial charge on any atom is 0.224 e. The van der Waals surface area contributed by atoms with Crippen LogP contribution in [-0.2, 0) is 11.2 Å². The number of benzene rings is 1. The van der Waals surface area contributed by atoms with Crippen LogP contribution in [-0.4, -0.2) is 17.8 Å². The molecule has 0 radical (unpaired) electrons. The third-order valence-electron chi connectivity index (χ3n) is 2.54. The number of carbonyl (C=O) groups excluding carboxylic acids is 1. The van der Waals surface area contributed by atoms with Crippen molar-refractivity contribution in [3.8, 4) is 0 Å². The van der Waals surface area contributed by atoms with E-state index in [0.717, 1.165) is 25.0 Å². The molecule has 1 N–H and O–H groups in total. The average Bonchev–Trinajstić information content (AvgIpc) is 2.30. The van der Waals surface area contributed by atoms with Crippen molar-refractivity contribution in [3.63, 3.8) is 0 Å². The molecule has 2 nitrogen and oxygen atoms in total. The Morgan fingerprint density at radius 3 is 2.78 bits per heavy atom. The maximum atomic E-state index is 13.3. The molecule has 1 amide bonds. The molecule has 0 aliphatic heterocycles. The standard InChI is InChI=1S/C13H16ClF2NO/c1-9(3-2-6-14)17-13(18)7-10-4-5-11(15)8-12(10)16/h4-5,8-9H,2-3,6-7H2,1H3,(H,17,18). The number of amides is 1. The zero-order valence-electron chi connectivity index (χ0n) is 10.2. The Balaban J connectivity index is 2.49. The molecule has 0 saturated heterocycles. The van der Waals surface area contributed by atoms with Gasteiger partial charge in [-0.2, -0.15) is 0 Å². The van der Waals surface area contributed by atoms with Crippen LogP contribution in [0.4, 0.5) is 8.78 Å². The number of alkyl halides is 1. The van der Waals surface area contributed by atoms with Crippen LogP contribution in [0.25, 0.3) is 0 Å². The maximum absolute atomic E-state index is 13.3. The Morgan fingerprint density at radius 2 is 2.17 bits per heavy atom. The Bertz CT molecular complexity index is 412. The Kier molecular flexibility index (Phi) is 6.05. The van der Waals surface area contributed by atoms with Crippen molar-refractivity contribution < 1.29 is 13.6 Å². The van der Waals surface area contributed by atoms with Gasteiger partial charge in [-0.05, 0) is 31.4 Å². The SMILES string of the molecule is CC(CCCCl)NC(=O)Cc1ccc(F)cc1F. The molecule has 18 heavy (non-hydrogen) atoms. The average molecular weight is 276 g/mol. The highest BCUT2D eigenvalue weighted by molar-refractivity contribution is 6.17. The minimum absolute atomic E-state index is 0.000223. The van der Waals surface area contributed by atoms with Gasteiger partial charge in [0.05, 0.1) is 6.42 Å². The quantitative estimate of drug-likeness (QED) is 0.795. The van der Waals surface area contributed by atoms with E-state index in [1.807, 2.05) is 6.92 Å². The zero-order chi connectivity index (χ0) is 13.5. The molecule has 1 unspecified atom stereocenters. The van der Waals surface area contributed by atoms with Crippen molar-refractivity contribution in [1.29, 1.82) is 0 Å². The van der Waals surface area contributed by atoms with Crippen LogP contribution in [0.2, 0.25) is 0 Å². The van der Waals surface area contributed by atoms with Crippen molar-refractivity contribution in [2.75, 3.05) is 5.88 Å². The van der Waals surface area contributed by atoms with Crippen molar-refractivity contribution in [2.24, 2.45) is 0 Å². The fourth-order valence-corrected chi connectivity index (χ4v) is 1.77. The van der Waals surface area contributed by atoms with Crippen molar-refractivity contribution in [2.45, 2.75) is 32.2 Å². The zero-order valence-corrected chi connectivity index (χ0v) is 10.9. The number of halogens is 3. The number of nitrogens with one attached hydrogen (secondary N) is 1. The highest BCUT2D eigenvalue weighted by atomic mass is 35.5. The van der Waals surface area contributed by atoms with E-state index in [9.17, 15) is 13.6 Å². The first-order valence-electron chi connectivity index (χ1n) is 5.82. The summed E-state index contributed by atoms with van der Waals surface area (Å²) in [5, 5.41) is 2.75. The third-order valence-corrected chi connectivity index (χ3v) is 2.81. The molecule has 0 fully saturated rings. The predicted octanol–water partition coefficient (Wildman–Crippen LogP) is 3.03. The van der Waals surface area contributed by atoms with Crippen LogP contribution >= 0.6 is 11.6 Å². The number of hydrogen-bond acceptors (Lipinski definition) is 1. The Labute approximate surface area is 110 Å². The smallest absolute Gasteiger partial charge is 0.224 e. The molecule has 0 aromatic heterocycles. The van der Waals surface area contributed by atoms with E-state index in [2.05, 4.69) is 5.32 Å². The summed E-state index contributed by atoms with van der Waals surface area (Å²) >= 11 is 5.55. The van der Waals surface area contributed by atoms with Gasteiger partial charge in [0.2, 0.25) is 5.91 Å². The first-order valence-corrected chi connectivity index (χ1v) is 6.35. The largest absolute Gasteiger partial charge is 0.353 e. The number of hydrogen-bond donors (Lipinski definition) is 1. The first-order chi connectivity index (χ1) is 8.52. The van der Waals surface area contributed by atoms with Crippen LogP contribution in [0.1, 0.15) is 25.3 Å². The van der Waals surface area contributed by atoms with Gasteiger partial charge in [0.15, 0.2) is 0 Å². The van der Waals surface area contributed by atoms with E-state index in [4.69, 9.17) is 11.6 Å². The lowest BCUT2D eigenvalue weighted by Gasteiger charge is -2.13. The number of carbonyl (C=O) groups is 1. The molecule has 1 atom stereocenters. The van der Waals surface area contributed by atoms with Gasteiger partial charge >= 0.3 is 0 Å². The Hall–Kier alpha value is -1.16. The summed E-state index contributed by atoms with van der Waals surface area (Å²) in [5.41, 5.74) is 0.193. The summed E-state index contributed by atoms with van der Waals surface area (Å²) in [6, 6.07) is 3.20. The molecule has 0 aliphatic rings. The lowest BCUT2D eigenvalue weighted by molar-refractivity contribution is -0.121. The number of rotatable bonds is 6.